The summed E-state index contributed by atoms with van der Waals surface area (Å²) >= 11 is 0. The number of hydrogen-bond acceptors (Lipinski definition) is 5. The van der Waals surface area contributed by atoms with Gasteiger partial charge in [0.25, 0.3) is 0 Å². The van der Waals surface area contributed by atoms with Crippen molar-refractivity contribution in [1.29, 1.82) is 0 Å². The Labute approximate surface area is 176 Å². The molecule has 30 heavy (non-hydrogen) atoms. The molecule has 2 aromatic carbocycles. The van der Waals surface area contributed by atoms with E-state index < -0.39 is 12.2 Å². The SMILES string of the molecule is CN(C)C(=O)Oc1ccc2c(c1OC(=O)N(C)C)-c1cccc3c1C(C2)N(C)CC3. The van der Waals surface area contributed by atoms with E-state index in [9.17, 15) is 9.59 Å². The Morgan fingerprint density at radius 3 is 2.37 bits per heavy atom. The highest BCUT2D eigenvalue weighted by Crippen LogP contribution is 2.50. The summed E-state index contributed by atoms with van der Waals surface area (Å²) in [5.41, 5.74) is 5.54. The van der Waals surface area contributed by atoms with Crippen LogP contribution in [0.2, 0.25) is 0 Å². The highest BCUT2D eigenvalue weighted by molar-refractivity contribution is 5.86. The zero-order valence-electron chi connectivity index (χ0n) is 18.1. The maximum atomic E-state index is 12.5. The highest BCUT2D eigenvalue weighted by atomic mass is 16.6. The predicted molar refractivity (Wildman–Crippen MR) is 114 cm³/mol. The molecule has 1 heterocycles. The Bertz CT molecular complexity index is 1020. The van der Waals surface area contributed by atoms with Crippen molar-refractivity contribution in [2.24, 2.45) is 0 Å². The average Bonchev–Trinajstić information content (AvgIpc) is 2.71. The van der Waals surface area contributed by atoms with Crippen molar-refractivity contribution in [3.8, 4) is 22.6 Å². The molecule has 0 fully saturated rings. The number of carbonyl (C=O) groups is 2. The van der Waals surface area contributed by atoms with Crippen LogP contribution in [0.1, 0.15) is 22.7 Å². The second-order valence-corrected chi connectivity index (χ2v) is 8.28. The molecule has 1 unspecified atom stereocenters. The van der Waals surface area contributed by atoms with Gasteiger partial charge in [-0.2, -0.15) is 0 Å². The molecule has 0 bridgehead atoms. The van der Waals surface area contributed by atoms with Gasteiger partial charge >= 0.3 is 12.2 Å². The van der Waals surface area contributed by atoms with E-state index in [4.69, 9.17) is 9.47 Å². The molecule has 0 saturated heterocycles. The minimum absolute atomic E-state index is 0.239. The third-order valence-electron chi connectivity index (χ3n) is 5.80. The third-order valence-corrected chi connectivity index (χ3v) is 5.80. The monoisotopic (exact) mass is 409 g/mol. The van der Waals surface area contributed by atoms with Crippen molar-refractivity contribution in [3.05, 3.63) is 47.0 Å². The van der Waals surface area contributed by atoms with E-state index in [1.54, 1.807) is 34.3 Å². The second-order valence-electron chi connectivity index (χ2n) is 8.28. The number of likely N-dealkylation sites (N-methyl/N-ethyl adjacent to an activating group) is 1. The molecular weight excluding hydrogens is 382 g/mol. The Morgan fingerprint density at radius 1 is 0.967 bits per heavy atom. The average molecular weight is 409 g/mol. The van der Waals surface area contributed by atoms with Crippen molar-refractivity contribution in [3.63, 3.8) is 0 Å². The minimum atomic E-state index is -0.527. The van der Waals surface area contributed by atoms with Gasteiger partial charge in [0, 0.05) is 46.3 Å². The lowest BCUT2D eigenvalue weighted by atomic mass is 9.77. The number of amides is 2. The number of benzene rings is 2. The molecule has 1 aliphatic heterocycles. The van der Waals surface area contributed by atoms with Crippen LogP contribution in [0.15, 0.2) is 30.3 Å². The van der Waals surface area contributed by atoms with Gasteiger partial charge in [0.05, 0.1) is 0 Å². The van der Waals surface area contributed by atoms with Crippen LogP contribution in [-0.2, 0) is 12.8 Å². The van der Waals surface area contributed by atoms with Crippen LogP contribution < -0.4 is 9.47 Å². The van der Waals surface area contributed by atoms with Gasteiger partial charge in [-0.05, 0) is 48.2 Å². The standard InChI is InChI=1S/C23H27N3O4/c1-24(2)22(27)29-18-10-9-15-13-17-19-14(11-12-26(17)5)7-6-8-16(19)20(15)21(18)30-23(28)25(3)4/h6-10,17H,11-13H2,1-5H3. The lowest BCUT2D eigenvalue weighted by Crippen LogP contribution is -2.35. The topological polar surface area (TPSA) is 62.3 Å². The fourth-order valence-electron chi connectivity index (χ4n) is 4.20. The molecule has 4 rings (SSSR count). The molecule has 0 aromatic heterocycles. The smallest absolute Gasteiger partial charge is 0.406 e. The molecular formula is C23H27N3O4. The van der Waals surface area contributed by atoms with Gasteiger partial charge in [0.2, 0.25) is 0 Å². The number of hydrogen-bond donors (Lipinski definition) is 0. The second kappa shape index (κ2) is 7.65. The molecule has 0 radical (unpaired) electrons. The van der Waals surface area contributed by atoms with Crippen molar-refractivity contribution in [1.82, 2.24) is 14.7 Å². The zero-order valence-corrected chi connectivity index (χ0v) is 18.1. The first-order valence-corrected chi connectivity index (χ1v) is 10.0. The lowest BCUT2D eigenvalue weighted by molar-refractivity contribution is 0.161. The quantitative estimate of drug-likeness (QED) is 0.759. The Balaban J connectivity index is 1.91. The number of ether oxygens (including phenoxy) is 2. The summed E-state index contributed by atoms with van der Waals surface area (Å²) in [7, 11) is 8.62. The summed E-state index contributed by atoms with van der Waals surface area (Å²) in [6.45, 7) is 1.01. The Morgan fingerprint density at radius 2 is 1.67 bits per heavy atom. The van der Waals surface area contributed by atoms with E-state index >= 15 is 0 Å². The summed E-state index contributed by atoms with van der Waals surface area (Å²) in [4.78, 5) is 29.8. The van der Waals surface area contributed by atoms with Gasteiger partial charge in [0.1, 0.15) is 0 Å². The van der Waals surface area contributed by atoms with E-state index in [0.29, 0.717) is 5.75 Å². The maximum absolute atomic E-state index is 12.5. The van der Waals surface area contributed by atoms with Gasteiger partial charge < -0.3 is 19.3 Å². The first kappa shape index (κ1) is 20.2. The number of carbonyl (C=O) groups excluding carboxylic acids is 2. The number of nitrogens with zero attached hydrogens (tertiary/aromatic N) is 3. The minimum Gasteiger partial charge on any atom is -0.406 e. The Kier molecular flexibility index (Phi) is 5.15. The third kappa shape index (κ3) is 3.39. The van der Waals surface area contributed by atoms with Crippen LogP contribution in [0, 0.1) is 0 Å². The van der Waals surface area contributed by atoms with Crippen LogP contribution in [-0.4, -0.2) is 68.7 Å². The molecule has 2 aliphatic rings. The van der Waals surface area contributed by atoms with Crippen molar-refractivity contribution in [2.75, 3.05) is 41.8 Å². The van der Waals surface area contributed by atoms with Crippen molar-refractivity contribution >= 4 is 12.2 Å². The van der Waals surface area contributed by atoms with E-state index in [-0.39, 0.29) is 11.8 Å². The van der Waals surface area contributed by atoms with Crippen molar-refractivity contribution in [2.45, 2.75) is 18.9 Å². The molecule has 158 valence electrons. The van der Waals surface area contributed by atoms with Gasteiger partial charge in [-0.15, -0.1) is 0 Å². The normalized spacial score (nSPS) is 16.9. The van der Waals surface area contributed by atoms with Gasteiger partial charge in [-0.3, -0.25) is 4.90 Å². The fourth-order valence-corrected chi connectivity index (χ4v) is 4.20. The van der Waals surface area contributed by atoms with Crippen LogP contribution in [0.25, 0.3) is 11.1 Å². The van der Waals surface area contributed by atoms with E-state index in [0.717, 1.165) is 36.1 Å². The molecule has 2 aromatic rings. The van der Waals surface area contributed by atoms with Crippen LogP contribution in [0.4, 0.5) is 9.59 Å². The van der Waals surface area contributed by atoms with Crippen molar-refractivity contribution < 1.29 is 19.1 Å². The summed E-state index contributed by atoms with van der Waals surface area (Å²) in [6.07, 6.45) is 0.743. The molecule has 0 N–H and O–H groups in total. The van der Waals surface area contributed by atoms with Crippen LogP contribution >= 0.6 is 0 Å². The van der Waals surface area contributed by atoms with E-state index in [1.807, 2.05) is 12.1 Å². The summed E-state index contributed by atoms with van der Waals surface area (Å²) in [5, 5.41) is 0. The zero-order chi connectivity index (χ0) is 21.6. The van der Waals surface area contributed by atoms with Gasteiger partial charge in [0.15, 0.2) is 11.5 Å². The van der Waals surface area contributed by atoms with Gasteiger partial charge in [-0.25, -0.2) is 9.59 Å². The molecule has 1 atom stereocenters. The first-order chi connectivity index (χ1) is 14.3. The molecule has 2 amide bonds. The summed E-state index contributed by atoms with van der Waals surface area (Å²) in [6, 6.07) is 10.3. The molecule has 1 aliphatic carbocycles. The predicted octanol–water partition coefficient (Wildman–Crippen LogP) is 3.56. The fraction of sp³-hybridized carbons (Fsp3) is 0.391. The van der Waals surface area contributed by atoms with E-state index in [2.05, 4.69) is 24.1 Å². The molecule has 0 saturated carbocycles. The number of fused-ring (bicyclic) bond motifs is 2. The molecule has 0 spiro atoms. The van der Waals surface area contributed by atoms with Crippen LogP contribution in [0.3, 0.4) is 0 Å². The summed E-state index contributed by atoms with van der Waals surface area (Å²) in [5.74, 6) is 0.532. The van der Waals surface area contributed by atoms with Crippen LogP contribution in [0.5, 0.6) is 11.5 Å². The molecule has 7 nitrogen and oxygen atoms in total. The summed E-state index contributed by atoms with van der Waals surface area (Å²) < 4.78 is 11.3. The maximum Gasteiger partial charge on any atom is 0.414 e. The highest BCUT2D eigenvalue weighted by Gasteiger charge is 2.35. The first-order valence-electron chi connectivity index (χ1n) is 10.0. The largest absolute Gasteiger partial charge is 0.414 e. The molecule has 7 heteroatoms. The Hall–Kier alpha value is -3.06. The van der Waals surface area contributed by atoms with Gasteiger partial charge in [-0.1, -0.05) is 24.3 Å². The lowest BCUT2D eigenvalue weighted by Gasteiger charge is -2.40. The number of rotatable bonds is 2. The van der Waals surface area contributed by atoms with E-state index in [1.165, 1.54) is 20.9 Å².